The zero-order chi connectivity index (χ0) is 18.6. The van der Waals surface area contributed by atoms with Crippen molar-refractivity contribution < 1.29 is 14.3 Å². The number of primary amides is 1. The van der Waals surface area contributed by atoms with E-state index in [1.807, 2.05) is 32.9 Å². The van der Waals surface area contributed by atoms with Gasteiger partial charge in [0.25, 0.3) is 5.91 Å². The standard InChI is InChI=1S/C19H21ClN2O3/c1-11(2)15-9-16(20)12(3)8-17(15)25-10-18(23)22-14-6-4-13(5-7-14)19(21)24/h4-9,11H,10H2,1-3H3,(H2,21,24)(H,22,23). The van der Waals surface area contributed by atoms with Gasteiger partial charge < -0.3 is 15.8 Å². The van der Waals surface area contributed by atoms with E-state index in [0.29, 0.717) is 22.0 Å². The summed E-state index contributed by atoms with van der Waals surface area (Å²) in [5.74, 6) is 0.0586. The molecule has 132 valence electrons. The number of aryl methyl sites for hydroxylation is 1. The van der Waals surface area contributed by atoms with Gasteiger partial charge in [0.15, 0.2) is 6.61 Å². The number of ether oxygens (including phenoxy) is 1. The van der Waals surface area contributed by atoms with Gasteiger partial charge in [-0.1, -0.05) is 25.4 Å². The summed E-state index contributed by atoms with van der Waals surface area (Å²) in [7, 11) is 0. The summed E-state index contributed by atoms with van der Waals surface area (Å²) in [5, 5.41) is 3.39. The van der Waals surface area contributed by atoms with Crippen LogP contribution >= 0.6 is 11.6 Å². The largest absolute Gasteiger partial charge is 0.483 e. The number of benzene rings is 2. The van der Waals surface area contributed by atoms with Gasteiger partial charge in [-0.3, -0.25) is 9.59 Å². The molecule has 0 spiro atoms. The molecule has 2 aromatic carbocycles. The van der Waals surface area contributed by atoms with E-state index in [9.17, 15) is 9.59 Å². The molecule has 0 aliphatic heterocycles. The van der Waals surface area contributed by atoms with Crippen molar-refractivity contribution in [3.8, 4) is 5.75 Å². The van der Waals surface area contributed by atoms with E-state index in [1.165, 1.54) is 0 Å². The number of carbonyl (C=O) groups is 2. The van der Waals surface area contributed by atoms with E-state index in [2.05, 4.69) is 5.32 Å². The van der Waals surface area contributed by atoms with E-state index in [-0.39, 0.29) is 18.4 Å². The average molecular weight is 361 g/mol. The second-order valence-electron chi connectivity index (χ2n) is 6.07. The normalized spacial score (nSPS) is 10.6. The highest BCUT2D eigenvalue weighted by atomic mass is 35.5. The molecule has 0 saturated heterocycles. The molecular weight excluding hydrogens is 340 g/mol. The summed E-state index contributed by atoms with van der Waals surface area (Å²) in [6.45, 7) is 5.83. The molecule has 2 aromatic rings. The van der Waals surface area contributed by atoms with Gasteiger partial charge in [-0.25, -0.2) is 0 Å². The number of carbonyl (C=O) groups excluding carboxylic acids is 2. The number of halogens is 1. The molecule has 2 rings (SSSR count). The molecule has 3 N–H and O–H groups in total. The molecule has 0 aliphatic rings. The monoisotopic (exact) mass is 360 g/mol. The topological polar surface area (TPSA) is 81.4 Å². The zero-order valence-electron chi connectivity index (χ0n) is 14.4. The third kappa shape index (κ3) is 4.97. The molecular formula is C19H21ClN2O3. The third-order valence-corrected chi connectivity index (χ3v) is 4.13. The Morgan fingerprint density at radius 3 is 2.40 bits per heavy atom. The van der Waals surface area contributed by atoms with Gasteiger partial charge in [0, 0.05) is 16.3 Å². The van der Waals surface area contributed by atoms with Crippen LogP contribution in [0.2, 0.25) is 5.02 Å². The van der Waals surface area contributed by atoms with E-state index < -0.39 is 5.91 Å². The Bertz CT molecular complexity index is 786. The van der Waals surface area contributed by atoms with Crippen LogP contribution in [-0.4, -0.2) is 18.4 Å². The highest BCUT2D eigenvalue weighted by molar-refractivity contribution is 6.31. The lowest BCUT2D eigenvalue weighted by Gasteiger charge is -2.16. The molecule has 0 fully saturated rings. The highest BCUT2D eigenvalue weighted by Gasteiger charge is 2.13. The molecule has 0 atom stereocenters. The smallest absolute Gasteiger partial charge is 0.262 e. The Hall–Kier alpha value is -2.53. The van der Waals surface area contributed by atoms with Crippen molar-refractivity contribution in [2.45, 2.75) is 26.7 Å². The van der Waals surface area contributed by atoms with Crippen molar-refractivity contribution in [1.29, 1.82) is 0 Å². The van der Waals surface area contributed by atoms with Gasteiger partial charge in [-0.2, -0.15) is 0 Å². The minimum atomic E-state index is -0.513. The molecule has 0 saturated carbocycles. The maximum Gasteiger partial charge on any atom is 0.262 e. The van der Waals surface area contributed by atoms with Crippen LogP contribution in [0.3, 0.4) is 0 Å². The quantitative estimate of drug-likeness (QED) is 0.819. The SMILES string of the molecule is Cc1cc(OCC(=O)Nc2ccc(C(N)=O)cc2)c(C(C)C)cc1Cl. The van der Waals surface area contributed by atoms with Crippen LogP contribution in [0, 0.1) is 6.92 Å². The fourth-order valence-electron chi connectivity index (χ4n) is 2.30. The number of rotatable bonds is 6. The predicted molar refractivity (Wildman–Crippen MR) is 99.4 cm³/mol. The van der Waals surface area contributed by atoms with Gasteiger partial charge in [-0.15, -0.1) is 0 Å². The van der Waals surface area contributed by atoms with Gasteiger partial charge in [0.1, 0.15) is 5.75 Å². The Morgan fingerprint density at radius 1 is 1.20 bits per heavy atom. The van der Waals surface area contributed by atoms with Gasteiger partial charge in [0.2, 0.25) is 5.91 Å². The second-order valence-corrected chi connectivity index (χ2v) is 6.48. The van der Waals surface area contributed by atoms with Crippen LogP contribution < -0.4 is 15.8 Å². The molecule has 6 heteroatoms. The number of anilines is 1. The maximum absolute atomic E-state index is 12.1. The Balaban J connectivity index is 2.02. The summed E-state index contributed by atoms with van der Waals surface area (Å²) in [5.41, 5.74) is 7.97. The maximum atomic E-state index is 12.1. The van der Waals surface area contributed by atoms with Crippen molar-refractivity contribution in [3.63, 3.8) is 0 Å². The number of nitrogens with two attached hydrogens (primary N) is 1. The Kier molecular flexibility index (Phi) is 6.04. The van der Waals surface area contributed by atoms with Gasteiger partial charge >= 0.3 is 0 Å². The van der Waals surface area contributed by atoms with Crippen LogP contribution in [0.1, 0.15) is 41.3 Å². The summed E-state index contributed by atoms with van der Waals surface area (Å²) >= 11 is 6.17. The second kappa shape index (κ2) is 8.03. The number of hydrogen-bond donors (Lipinski definition) is 2. The van der Waals surface area contributed by atoms with E-state index in [4.69, 9.17) is 22.1 Å². The lowest BCUT2D eigenvalue weighted by atomic mass is 10.0. The zero-order valence-corrected chi connectivity index (χ0v) is 15.2. The van der Waals surface area contributed by atoms with Crippen LogP contribution in [-0.2, 0) is 4.79 Å². The highest BCUT2D eigenvalue weighted by Crippen LogP contribution is 2.32. The fraction of sp³-hybridized carbons (Fsp3) is 0.263. The Labute approximate surface area is 152 Å². The fourth-order valence-corrected chi connectivity index (χ4v) is 2.48. The van der Waals surface area contributed by atoms with Crippen molar-refractivity contribution in [2.24, 2.45) is 5.73 Å². The first-order chi connectivity index (χ1) is 11.8. The summed E-state index contributed by atoms with van der Waals surface area (Å²) in [6, 6.07) is 10.0. The first kappa shape index (κ1) is 18.8. The van der Waals surface area contributed by atoms with Crippen molar-refractivity contribution >= 4 is 29.1 Å². The van der Waals surface area contributed by atoms with Gasteiger partial charge in [-0.05, 0) is 60.4 Å². The number of hydrogen-bond acceptors (Lipinski definition) is 3. The molecule has 0 bridgehead atoms. The average Bonchev–Trinajstić information content (AvgIpc) is 2.55. The van der Waals surface area contributed by atoms with Crippen molar-refractivity contribution in [3.05, 3.63) is 58.1 Å². The third-order valence-electron chi connectivity index (χ3n) is 3.73. The number of amides is 2. The van der Waals surface area contributed by atoms with E-state index in [0.717, 1.165) is 11.1 Å². The molecule has 25 heavy (non-hydrogen) atoms. The Morgan fingerprint density at radius 2 is 1.84 bits per heavy atom. The molecule has 5 nitrogen and oxygen atoms in total. The lowest BCUT2D eigenvalue weighted by Crippen LogP contribution is -2.21. The molecule has 0 unspecified atom stereocenters. The van der Waals surface area contributed by atoms with E-state index in [1.54, 1.807) is 24.3 Å². The summed E-state index contributed by atoms with van der Waals surface area (Å²) < 4.78 is 5.69. The first-order valence-corrected chi connectivity index (χ1v) is 8.28. The lowest BCUT2D eigenvalue weighted by molar-refractivity contribution is -0.118. The van der Waals surface area contributed by atoms with Crippen LogP contribution in [0.15, 0.2) is 36.4 Å². The van der Waals surface area contributed by atoms with Crippen molar-refractivity contribution in [2.75, 3.05) is 11.9 Å². The summed E-state index contributed by atoms with van der Waals surface area (Å²) in [6.07, 6.45) is 0. The number of nitrogens with one attached hydrogen (secondary N) is 1. The van der Waals surface area contributed by atoms with Gasteiger partial charge in [0.05, 0.1) is 0 Å². The molecule has 0 radical (unpaired) electrons. The van der Waals surface area contributed by atoms with Crippen LogP contribution in [0.5, 0.6) is 5.75 Å². The minimum Gasteiger partial charge on any atom is -0.483 e. The first-order valence-electron chi connectivity index (χ1n) is 7.90. The van der Waals surface area contributed by atoms with Crippen LogP contribution in [0.4, 0.5) is 5.69 Å². The predicted octanol–water partition coefficient (Wildman–Crippen LogP) is 3.89. The molecule has 0 aliphatic carbocycles. The summed E-state index contributed by atoms with van der Waals surface area (Å²) in [4.78, 5) is 23.1. The molecule has 2 amide bonds. The van der Waals surface area contributed by atoms with Crippen molar-refractivity contribution in [1.82, 2.24) is 0 Å². The molecule has 0 aromatic heterocycles. The molecule has 0 heterocycles. The minimum absolute atomic E-state index is 0.127. The van der Waals surface area contributed by atoms with Crippen LogP contribution in [0.25, 0.3) is 0 Å². The van der Waals surface area contributed by atoms with E-state index >= 15 is 0 Å².